The van der Waals surface area contributed by atoms with E-state index in [2.05, 4.69) is 10.3 Å². The van der Waals surface area contributed by atoms with Gasteiger partial charge in [0, 0.05) is 18.0 Å². The molecule has 0 radical (unpaired) electrons. The fourth-order valence-corrected chi connectivity index (χ4v) is 3.61. The zero-order valence-corrected chi connectivity index (χ0v) is 14.3. The van der Waals surface area contributed by atoms with Gasteiger partial charge in [0.1, 0.15) is 5.76 Å². The summed E-state index contributed by atoms with van der Waals surface area (Å²) in [5.74, 6) is 1.53. The van der Waals surface area contributed by atoms with Crippen molar-refractivity contribution < 1.29 is 14.3 Å². The molecule has 0 aliphatic heterocycles. The minimum absolute atomic E-state index is 0.245. The van der Waals surface area contributed by atoms with Crippen molar-refractivity contribution in [3.8, 4) is 11.5 Å². The van der Waals surface area contributed by atoms with Crippen LogP contribution in [-0.2, 0) is 0 Å². The number of carbonyl (C=O) groups excluding carboxylic acids is 1. The van der Waals surface area contributed by atoms with Crippen molar-refractivity contribution in [3.63, 3.8) is 0 Å². The summed E-state index contributed by atoms with van der Waals surface area (Å²) in [6.45, 7) is 0.279. The maximum Gasteiger partial charge on any atom is 0.273 e. The third-order valence-electron chi connectivity index (χ3n) is 5.25. The van der Waals surface area contributed by atoms with Gasteiger partial charge in [-0.1, -0.05) is 31.0 Å². The molecule has 5 nitrogen and oxygen atoms in total. The molecule has 0 saturated heterocycles. The number of aliphatic hydroxyl groups is 1. The first-order valence-corrected chi connectivity index (χ1v) is 9.25. The number of carbonyl (C=O) groups is 1. The van der Waals surface area contributed by atoms with Crippen molar-refractivity contribution in [2.24, 2.45) is 5.92 Å². The number of oxazole rings is 1. The molecule has 132 valence electrons. The van der Waals surface area contributed by atoms with E-state index in [9.17, 15) is 9.90 Å². The number of aliphatic hydroxyl groups excluding tert-OH is 1. The maximum absolute atomic E-state index is 12.6. The predicted octanol–water partition coefficient (Wildman–Crippen LogP) is 3.50. The normalized spacial score (nSPS) is 19.1. The number of amides is 1. The van der Waals surface area contributed by atoms with Crippen LogP contribution in [0.5, 0.6) is 0 Å². The van der Waals surface area contributed by atoms with Gasteiger partial charge in [0.05, 0.1) is 6.10 Å². The molecule has 1 heterocycles. The van der Waals surface area contributed by atoms with E-state index in [4.69, 9.17) is 4.42 Å². The molecule has 1 unspecified atom stereocenters. The van der Waals surface area contributed by atoms with Gasteiger partial charge in [-0.25, -0.2) is 4.98 Å². The molecule has 0 spiro atoms. The zero-order valence-electron chi connectivity index (χ0n) is 14.3. The molecule has 1 amide bonds. The molecule has 2 aliphatic carbocycles. The van der Waals surface area contributed by atoms with Crippen LogP contribution in [0.2, 0.25) is 0 Å². The summed E-state index contributed by atoms with van der Waals surface area (Å²) in [5, 5.41) is 13.1. The van der Waals surface area contributed by atoms with Gasteiger partial charge in [-0.3, -0.25) is 4.79 Å². The summed E-state index contributed by atoms with van der Waals surface area (Å²) in [6.07, 6.45) is 6.04. The van der Waals surface area contributed by atoms with Crippen LogP contribution in [0.1, 0.15) is 60.7 Å². The summed E-state index contributed by atoms with van der Waals surface area (Å²) in [6, 6.07) is 9.64. The fourth-order valence-electron chi connectivity index (χ4n) is 3.61. The largest absolute Gasteiger partial charge is 0.440 e. The summed E-state index contributed by atoms with van der Waals surface area (Å²) in [5.41, 5.74) is 1.24. The maximum atomic E-state index is 12.6. The lowest BCUT2D eigenvalue weighted by molar-refractivity contribution is 0.0835. The number of aromatic nitrogens is 1. The topological polar surface area (TPSA) is 75.4 Å². The quantitative estimate of drug-likeness (QED) is 0.844. The summed E-state index contributed by atoms with van der Waals surface area (Å²) in [4.78, 5) is 17.1. The number of hydrogen-bond donors (Lipinski definition) is 2. The number of hydrogen-bond acceptors (Lipinski definition) is 4. The Kier molecular flexibility index (Phi) is 4.57. The summed E-state index contributed by atoms with van der Waals surface area (Å²) in [7, 11) is 0. The highest BCUT2D eigenvalue weighted by atomic mass is 16.4. The van der Waals surface area contributed by atoms with Crippen molar-refractivity contribution >= 4 is 5.91 Å². The molecule has 2 aromatic rings. The Morgan fingerprint density at radius 1 is 1.20 bits per heavy atom. The lowest BCUT2D eigenvalue weighted by atomic mass is 10.0. The van der Waals surface area contributed by atoms with Gasteiger partial charge in [-0.2, -0.15) is 0 Å². The first-order chi connectivity index (χ1) is 12.2. The van der Waals surface area contributed by atoms with Gasteiger partial charge in [0.2, 0.25) is 5.89 Å². The molecule has 2 saturated carbocycles. The Labute approximate surface area is 147 Å². The highest BCUT2D eigenvalue weighted by Crippen LogP contribution is 2.43. The van der Waals surface area contributed by atoms with Crippen molar-refractivity contribution in [2.45, 2.75) is 50.5 Å². The van der Waals surface area contributed by atoms with E-state index in [1.807, 2.05) is 30.3 Å². The van der Waals surface area contributed by atoms with Gasteiger partial charge in [-0.15, -0.1) is 0 Å². The number of nitrogens with one attached hydrogen (secondary N) is 1. The fraction of sp³-hybridized carbons (Fsp3) is 0.500. The average molecular weight is 340 g/mol. The van der Waals surface area contributed by atoms with E-state index in [0.717, 1.165) is 31.2 Å². The molecule has 2 fully saturated rings. The van der Waals surface area contributed by atoms with Crippen molar-refractivity contribution in [1.82, 2.24) is 10.3 Å². The molecule has 2 aliphatic rings. The molecular formula is C20H24N2O3. The average Bonchev–Trinajstić information content (AvgIpc) is 3.16. The van der Waals surface area contributed by atoms with Crippen molar-refractivity contribution in [2.75, 3.05) is 6.54 Å². The second kappa shape index (κ2) is 7.00. The molecular weight excluding hydrogens is 316 g/mol. The van der Waals surface area contributed by atoms with Crippen LogP contribution in [0.15, 0.2) is 34.7 Å². The van der Waals surface area contributed by atoms with Gasteiger partial charge < -0.3 is 14.8 Å². The highest BCUT2D eigenvalue weighted by molar-refractivity contribution is 5.94. The van der Waals surface area contributed by atoms with Crippen LogP contribution >= 0.6 is 0 Å². The zero-order chi connectivity index (χ0) is 17.2. The predicted molar refractivity (Wildman–Crippen MR) is 94.2 cm³/mol. The molecule has 5 heteroatoms. The molecule has 25 heavy (non-hydrogen) atoms. The third kappa shape index (κ3) is 3.61. The van der Waals surface area contributed by atoms with Crippen LogP contribution in [0.3, 0.4) is 0 Å². The molecule has 0 bridgehead atoms. The lowest BCUT2D eigenvalue weighted by Crippen LogP contribution is -2.36. The highest BCUT2D eigenvalue weighted by Gasteiger charge is 2.34. The standard InChI is InChI=1S/C20H24N2O3/c23-16(13-6-4-5-7-13)12-21-19(24)17-18(14-10-11-14)25-20(22-17)15-8-2-1-3-9-15/h1-3,8-9,13-14,16,23H,4-7,10-12H2,(H,21,24). The second-order valence-electron chi connectivity index (χ2n) is 7.19. The molecule has 1 aromatic carbocycles. The van der Waals surface area contributed by atoms with Crippen LogP contribution in [-0.4, -0.2) is 28.6 Å². The minimum Gasteiger partial charge on any atom is -0.440 e. The van der Waals surface area contributed by atoms with Crippen LogP contribution in [0.25, 0.3) is 11.5 Å². The van der Waals surface area contributed by atoms with Crippen LogP contribution in [0, 0.1) is 5.92 Å². The van der Waals surface area contributed by atoms with Crippen molar-refractivity contribution in [1.29, 1.82) is 0 Å². The van der Waals surface area contributed by atoms with Crippen molar-refractivity contribution in [3.05, 3.63) is 41.8 Å². The summed E-state index contributed by atoms with van der Waals surface area (Å²) >= 11 is 0. The smallest absolute Gasteiger partial charge is 0.273 e. The molecule has 2 N–H and O–H groups in total. The Morgan fingerprint density at radius 2 is 1.92 bits per heavy atom. The van der Waals surface area contributed by atoms with E-state index < -0.39 is 6.10 Å². The van der Waals surface area contributed by atoms with Gasteiger partial charge in [0.25, 0.3) is 5.91 Å². The van der Waals surface area contributed by atoms with E-state index in [-0.39, 0.29) is 12.5 Å². The van der Waals surface area contributed by atoms with Gasteiger partial charge in [0.15, 0.2) is 5.69 Å². The monoisotopic (exact) mass is 340 g/mol. The third-order valence-corrected chi connectivity index (χ3v) is 5.25. The first-order valence-electron chi connectivity index (χ1n) is 9.25. The van der Waals surface area contributed by atoms with E-state index in [1.165, 1.54) is 12.8 Å². The molecule has 4 rings (SSSR count). The summed E-state index contributed by atoms with van der Waals surface area (Å²) < 4.78 is 5.92. The first kappa shape index (κ1) is 16.3. The minimum atomic E-state index is -0.476. The van der Waals surface area contributed by atoms with Gasteiger partial charge >= 0.3 is 0 Å². The Balaban J connectivity index is 1.48. The Bertz CT molecular complexity index is 731. The van der Waals surface area contributed by atoms with Gasteiger partial charge in [-0.05, 0) is 43.7 Å². The van der Waals surface area contributed by atoms with E-state index in [0.29, 0.717) is 29.2 Å². The molecule has 1 atom stereocenters. The Morgan fingerprint density at radius 3 is 2.60 bits per heavy atom. The van der Waals surface area contributed by atoms with Crippen LogP contribution in [0.4, 0.5) is 0 Å². The lowest BCUT2D eigenvalue weighted by Gasteiger charge is -2.17. The van der Waals surface area contributed by atoms with Crippen LogP contribution < -0.4 is 5.32 Å². The second-order valence-corrected chi connectivity index (χ2v) is 7.19. The van der Waals surface area contributed by atoms with E-state index >= 15 is 0 Å². The van der Waals surface area contributed by atoms with E-state index in [1.54, 1.807) is 0 Å². The number of rotatable bonds is 6. The SMILES string of the molecule is O=C(NCC(O)C1CCCC1)c1nc(-c2ccccc2)oc1C1CC1. The Hall–Kier alpha value is -2.14. The number of benzene rings is 1. The number of nitrogens with zero attached hydrogens (tertiary/aromatic N) is 1. The molecule has 1 aromatic heterocycles.